The zero-order valence-corrected chi connectivity index (χ0v) is 16.7. The monoisotopic (exact) mass is 416 g/mol. The molecule has 0 radical (unpaired) electrons. The molecule has 8 nitrogen and oxygen atoms in total. The summed E-state index contributed by atoms with van der Waals surface area (Å²) in [5.74, 6) is -0.351. The first-order chi connectivity index (χ1) is 14.3. The zero-order valence-electron chi connectivity index (χ0n) is 16.7. The maximum Gasteiger partial charge on any atom is 0.220 e. The van der Waals surface area contributed by atoms with Crippen LogP contribution in [0.25, 0.3) is 0 Å². The fourth-order valence-corrected chi connectivity index (χ4v) is 2.91. The van der Waals surface area contributed by atoms with Gasteiger partial charge in [0, 0.05) is 38.1 Å². The van der Waals surface area contributed by atoms with Crippen LogP contribution in [0.15, 0.2) is 36.4 Å². The van der Waals surface area contributed by atoms with Crippen molar-refractivity contribution < 1.29 is 30.0 Å². The normalized spacial score (nSPS) is 10.5. The van der Waals surface area contributed by atoms with Crippen molar-refractivity contribution in [3.8, 4) is 23.0 Å². The molecule has 2 aromatic carbocycles. The van der Waals surface area contributed by atoms with E-state index in [1.807, 2.05) is 0 Å². The molecule has 0 aliphatic carbocycles. The van der Waals surface area contributed by atoms with Gasteiger partial charge in [0.2, 0.25) is 11.8 Å². The van der Waals surface area contributed by atoms with Crippen LogP contribution < -0.4 is 10.6 Å². The molecule has 0 fully saturated rings. The molecule has 30 heavy (non-hydrogen) atoms. The van der Waals surface area contributed by atoms with Crippen molar-refractivity contribution in [1.82, 2.24) is 10.6 Å². The molecule has 0 heterocycles. The highest BCUT2D eigenvalue weighted by atomic mass is 16.3. The first-order valence-corrected chi connectivity index (χ1v) is 9.90. The number of carbonyl (C=O) groups excluding carboxylic acids is 2. The molecule has 0 aromatic heterocycles. The lowest BCUT2D eigenvalue weighted by Crippen LogP contribution is -2.27. The molecule has 0 spiro atoms. The molecule has 0 bridgehead atoms. The molecule has 0 saturated carbocycles. The first-order valence-electron chi connectivity index (χ1n) is 9.90. The highest BCUT2D eigenvalue weighted by molar-refractivity contribution is 5.76. The van der Waals surface area contributed by atoms with Crippen molar-refractivity contribution in [1.29, 1.82) is 0 Å². The van der Waals surface area contributed by atoms with Gasteiger partial charge in [-0.15, -0.1) is 0 Å². The van der Waals surface area contributed by atoms with Gasteiger partial charge in [-0.1, -0.05) is 12.1 Å². The van der Waals surface area contributed by atoms with Gasteiger partial charge in [0.25, 0.3) is 0 Å². The van der Waals surface area contributed by atoms with Crippen LogP contribution in [0.4, 0.5) is 0 Å². The fraction of sp³-hybridized carbons (Fsp3) is 0.364. The maximum atomic E-state index is 11.9. The number of rotatable bonds is 11. The molecule has 2 rings (SSSR count). The Kier molecular flexibility index (Phi) is 8.80. The summed E-state index contributed by atoms with van der Waals surface area (Å²) < 4.78 is 0. The number of nitrogens with one attached hydrogen (secondary N) is 2. The Morgan fingerprint density at radius 1 is 0.667 bits per heavy atom. The predicted molar refractivity (Wildman–Crippen MR) is 111 cm³/mol. The van der Waals surface area contributed by atoms with Crippen LogP contribution in [0, 0.1) is 0 Å². The molecule has 8 heteroatoms. The van der Waals surface area contributed by atoms with Gasteiger partial charge in [0.15, 0.2) is 0 Å². The van der Waals surface area contributed by atoms with Crippen LogP contribution in [-0.2, 0) is 22.4 Å². The second kappa shape index (κ2) is 11.5. The van der Waals surface area contributed by atoms with Crippen LogP contribution >= 0.6 is 0 Å². The lowest BCUT2D eigenvalue weighted by molar-refractivity contribution is -0.122. The lowest BCUT2D eigenvalue weighted by atomic mass is 10.1. The number of carbonyl (C=O) groups is 2. The third-order valence-corrected chi connectivity index (χ3v) is 4.63. The number of benzene rings is 2. The van der Waals surface area contributed by atoms with Crippen molar-refractivity contribution in [2.24, 2.45) is 0 Å². The first kappa shape index (κ1) is 22.9. The Morgan fingerprint density at radius 2 is 1.07 bits per heavy atom. The molecule has 2 amide bonds. The largest absolute Gasteiger partial charge is 0.508 e. The van der Waals surface area contributed by atoms with Gasteiger partial charge >= 0.3 is 0 Å². The topological polar surface area (TPSA) is 139 Å². The van der Waals surface area contributed by atoms with Crippen LogP contribution in [0.3, 0.4) is 0 Å². The minimum absolute atomic E-state index is 0.0220. The Bertz CT molecular complexity index is 797. The summed E-state index contributed by atoms with van der Waals surface area (Å²) >= 11 is 0. The molecule has 6 N–H and O–H groups in total. The standard InChI is InChI=1S/C22H28N2O6/c25-17-7-3-15(19(27)13-17)5-9-21(29)23-11-1-2-12-24-22(30)10-6-16-4-8-18(26)14-20(16)28/h3-4,7-8,13-14,25-28H,1-2,5-6,9-12H2,(H,23,29)(H,24,30). The van der Waals surface area contributed by atoms with Gasteiger partial charge in [0.05, 0.1) is 0 Å². The number of aromatic hydroxyl groups is 4. The third-order valence-electron chi connectivity index (χ3n) is 4.63. The van der Waals surface area contributed by atoms with Gasteiger partial charge in [0.1, 0.15) is 23.0 Å². The quantitative estimate of drug-likeness (QED) is 0.310. The maximum absolute atomic E-state index is 11.9. The summed E-state index contributed by atoms with van der Waals surface area (Å²) in [6.07, 6.45) is 2.66. The highest BCUT2D eigenvalue weighted by Gasteiger charge is 2.08. The summed E-state index contributed by atoms with van der Waals surface area (Å²) in [6, 6.07) is 8.60. The average Bonchev–Trinajstić information content (AvgIpc) is 2.69. The van der Waals surface area contributed by atoms with Crippen LogP contribution in [0.1, 0.15) is 36.8 Å². The van der Waals surface area contributed by atoms with E-state index in [1.165, 1.54) is 24.3 Å². The second-order valence-corrected chi connectivity index (χ2v) is 7.03. The van der Waals surface area contributed by atoms with E-state index in [0.717, 1.165) is 12.8 Å². The van der Waals surface area contributed by atoms with E-state index in [0.29, 0.717) is 37.1 Å². The summed E-state index contributed by atoms with van der Waals surface area (Å²) in [4.78, 5) is 23.7. The third kappa shape index (κ3) is 7.90. The van der Waals surface area contributed by atoms with Gasteiger partial charge in [-0.05, 0) is 48.9 Å². The van der Waals surface area contributed by atoms with Crippen molar-refractivity contribution in [3.05, 3.63) is 47.5 Å². The minimum atomic E-state index is -0.125. The van der Waals surface area contributed by atoms with Crippen molar-refractivity contribution in [2.45, 2.75) is 38.5 Å². The number of amides is 2. The number of hydrogen-bond donors (Lipinski definition) is 6. The zero-order chi connectivity index (χ0) is 21.9. The SMILES string of the molecule is O=C(CCc1ccc(O)cc1O)NCCCCNC(=O)CCc1ccc(O)cc1O. The molecule has 2 aromatic rings. The molecular weight excluding hydrogens is 388 g/mol. The number of unbranched alkanes of at least 4 members (excludes halogenated alkanes) is 1. The molecule has 0 saturated heterocycles. The van der Waals surface area contributed by atoms with Crippen molar-refractivity contribution in [2.75, 3.05) is 13.1 Å². The van der Waals surface area contributed by atoms with Crippen molar-refractivity contribution >= 4 is 11.8 Å². The molecule has 162 valence electrons. The van der Waals surface area contributed by atoms with Crippen LogP contribution in [-0.4, -0.2) is 45.3 Å². The molecule has 0 aliphatic rings. The van der Waals surface area contributed by atoms with E-state index < -0.39 is 0 Å². The average molecular weight is 416 g/mol. The predicted octanol–water partition coefficient (Wildman–Crippen LogP) is 2.09. The summed E-state index contributed by atoms with van der Waals surface area (Å²) in [7, 11) is 0. The summed E-state index contributed by atoms with van der Waals surface area (Å²) in [6.45, 7) is 0.995. The Morgan fingerprint density at radius 3 is 1.43 bits per heavy atom. The number of hydrogen-bond acceptors (Lipinski definition) is 6. The summed E-state index contributed by atoms with van der Waals surface area (Å²) in [5.41, 5.74) is 1.21. The molecule has 0 aliphatic heterocycles. The van der Waals surface area contributed by atoms with E-state index in [1.54, 1.807) is 12.1 Å². The fourth-order valence-electron chi connectivity index (χ4n) is 2.91. The summed E-state index contributed by atoms with van der Waals surface area (Å²) in [5, 5.41) is 43.5. The van der Waals surface area contributed by atoms with Gasteiger partial charge < -0.3 is 31.1 Å². The number of phenols is 4. The minimum Gasteiger partial charge on any atom is -0.508 e. The number of phenolic OH excluding ortho intramolecular Hbond substituents is 4. The molecule has 0 unspecified atom stereocenters. The van der Waals surface area contributed by atoms with E-state index in [-0.39, 0.29) is 47.7 Å². The molecule has 0 atom stereocenters. The van der Waals surface area contributed by atoms with E-state index in [9.17, 15) is 30.0 Å². The lowest BCUT2D eigenvalue weighted by Gasteiger charge is -2.08. The highest BCUT2D eigenvalue weighted by Crippen LogP contribution is 2.24. The molecular formula is C22H28N2O6. The smallest absolute Gasteiger partial charge is 0.220 e. The van der Waals surface area contributed by atoms with Gasteiger partial charge in [-0.3, -0.25) is 9.59 Å². The Hall–Kier alpha value is -3.42. The Labute approximate surface area is 175 Å². The van der Waals surface area contributed by atoms with Crippen LogP contribution in [0.2, 0.25) is 0 Å². The van der Waals surface area contributed by atoms with Crippen LogP contribution in [0.5, 0.6) is 23.0 Å². The van der Waals surface area contributed by atoms with Crippen molar-refractivity contribution in [3.63, 3.8) is 0 Å². The van der Waals surface area contributed by atoms with Gasteiger partial charge in [-0.25, -0.2) is 0 Å². The van der Waals surface area contributed by atoms with Gasteiger partial charge in [-0.2, -0.15) is 0 Å². The number of aryl methyl sites for hydroxylation is 2. The Balaban J connectivity index is 1.52. The second-order valence-electron chi connectivity index (χ2n) is 7.03. The van der Waals surface area contributed by atoms with E-state index >= 15 is 0 Å². The van der Waals surface area contributed by atoms with E-state index in [4.69, 9.17) is 0 Å². The van der Waals surface area contributed by atoms with E-state index in [2.05, 4.69) is 10.6 Å².